The maximum absolute atomic E-state index is 12.3. The van der Waals surface area contributed by atoms with Crippen LogP contribution in [0, 0.1) is 5.92 Å². The first kappa shape index (κ1) is 25.8. The topological polar surface area (TPSA) is 85.3 Å². The molecule has 1 amide bonds. The maximum Gasteiger partial charge on any atom is 0.409 e. The van der Waals surface area contributed by atoms with Crippen molar-refractivity contribution in [2.75, 3.05) is 32.9 Å². The number of unbranched alkanes of at least 4 members (excludes halogenated alkanes) is 2. The van der Waals surface area contributed by atoms with Crippen molar-refractivity contribution >= 4 is 12.1 Å². The zero-order valence-electron chi connectivity index (χ0n) is 18.8. The average molecular weight is 424 g/mol. The predicted octanol–water partition coefficient (Wildman–Crippen LogP) is 4.38. The lowest BCUT2D eigenvalue weighted by Crippen LogP contribution is -2.36. The van der Waals surface area contributed by atoms with Gasteiger partial charge < -0.3 is 24.2 Å². The van der Waals surface area contributed by atoms with Gasteiger partial charge in [-0.1, -0.05) is 45.7 Å². The van der Waals surface area contributed by atoms with Gasteiger partial charge in [-0.2, -0.15) is 0 Å². The molecule has 30 heavy (non-hydrogen) atoms. The first-order valence-electron chi connectivity index (χ1n) is 10.8. The highest BCUT2D eigenvalue weighted by Gasteiger charge is 2.18. The van der Waals surface area contributed by atoms with E-state index in [1.165, 1.54) is 0 Å². The molecule has 7 nitrogen and oxygen atoms in total. The summed E-state index contributed by atoms with van der Waals surface area (Å²) in [5.74, 6) is 0.000409. The Morgan fingerprint density at radius 3 is 2.33 bits per heavy atom. The second-order valence-corrected chi connectivity index (χ2v) is 7.64. The van der Waals surface area contributed by atoms with Crippen molar-refractivity contribution in [2.45, 2.75) is 59.5 Å². The molecule has 0 aliphatic carbocycles. The van der Waals surface area contributed by atoms with Crippen molar-refractivity contribution in [1.29, 1.82) is 0 Å². The second kappa shape index (κ2) is 14.7. The number of hydrogen-bond donors (Lipinski definition) is 1. The number of ether oxygens (including phenoxy) is 3. The molecular weight excluding hydrogens is 386 g/mol. The van der Waals surface area contributed by atoms with E-state index < -0.39 is 12.1 Å². The minimum absolute atomic E-state index is 0.296. The molecule has 0 radical (unpaired) electrons. The minimum atomic E-state index is -0.968. The van der Waals surface area contributed by atoms with E-state index in [-0.39, 0.29) is 6.09 Å². The van der Waals surface area contributed by atoms with E-state index in [0.29, 0.717) is 51.0 Å². The van der Waals surface area contributed by atoms with Gasteiger partial charge in [-0.15, -0.1) is 0 Å². The summed E-state index contributed by atoms with van der Waals surface area (Å²) in [4.78, 5) is 25.2. The van der Waals surface area contributed by atoms with Gasteiger partial charge in [0.15, 0.2) is 6.10 Å². The van der Waals surface area contributed by atoms with E-state index >= 15 is 0 Å². The highest BCUT2D eigenvalue weighted by molar-refractivity contribution is 5.72. The lowest BCUT2D eigenvalue weighted by molar-refractivity contribution is -0.149. The highest BCUT2D eigenvalue weighted by atomic mass is 16.6. The van der Waals surface area contributed by atoms with Crippen LogP contribution in [-0.2, 0) is 20.7 Å². The van der Waals surface area contributed by atoms with E-state index in [2.05, 4.69) is 6.92 Å². The number of hydrogen-bond acceptors (Lipinski definition) is 5. The summed E-state index contributed by atoms with van der Waals surface area (Å²) in [6.45, 7) is 10.1. The lowest BCUT2D eigenvalue weighted by atomic mass is 10.1. The molecule has 1 atom stereocenters. The third-order valence-corrected chi connectivity index (χ3v) is 4.45. The monoisotopic (exact) mass is 423 g/mol. The summed E-state index contributed by atoms with van der Waals surface area (Å²) in [6, 6.07) is 7.28. The number of carbonyl (C=O) groups excluding carboxylic acids is 1. The molecule has 1 unspecified atom stereocenters. The van der Waals surface area contributed by atoms with Crippen LogP contribution in [-0.4, -0.2) is 61.1 Å². The molecule has 0 bridgehead atoms. The van der Waals surface area contributed by atoms with Crippen molar-refractivity contribution in [3.8, 4) is 5.75 Å². The van der Waals surface area contributed by atoms with Crippen molar-refractivity contribution < 1.29 is 28.9 Å². The fraction of sp³-hybridized carbons (Fsp3) is 0.652. The number of rotatable bonds is 15. The van der Waals surface area contributed by atoms with Gasteiger partial charge in [-0.3, -0.25) is 0 Å². The largest absolute Gasteiger partial charge is 0.492 e. The first-order chi connectivity index (χ1) is 14.4. The molecule has 1 aromatic rings. The standard InChI is InChI=1S/C23H37NO6/c1-5-7-8-13-24(23(27)30-17-18(3)4)14-15-29-20-11-9-19(10-12-20)16-21(22(25)26)28-6-2/h9-12,18,21H,5-8,13-17H2,1-4H3,(H,25,26). The smallest absolute Gasteiger partial charge is 0.409 e. The Morgan fingerprint density at radius 2 is 1.77 bits per heavy atom. The van der Waals surface area contributed by atoms with E-state index in [9.17, 15) is 14.7 Å². The number of carbonyl (C=O) groups is 2. The third kappa shape index (κ3) is 10.5. The molecule has 0 aliphatic rings. The molecule has 0 heterocycles. The average Bonchev–Trinajstić information content (AvgIpc) is 2.71. The van der Waals surface area contributed by atoms with Crippen LogP contribution in [0.4, 0.5) is 4.79 Å². The molecule has 1 rings (SSSR count). The zero-order valence-corrected chi connectivity index (χ0v) is 18.8. The zero-order chi connectivity index (χ0) is 22.4. The van der Waals surface area contributed by atoms with E-state index in [4.69, 9.17) is 14.2 Å². The van der Waals surface area contributed by atoms with E-state index in [1.807, 2.05) is 26.0 Å². The first-order valence-corrected chi connectivity index (χ1v) is 10.8. The molecule has 0 fully saturated rings. The summed E-state index contributed by atoms with van der Waals surface area (Å²) >= 11 is 0. The van der Waals surface area contributed by atoms with Crippen LogP contribution in [0.5, 0.6) is 5.75 Å². The number of nitrogens with zero attached hydrogens (tertiary/aromatic N) is 1. The van der Waals surface area contributed by atoms with Crippen LogP contribution in [0.3, 0.4) is 0 Å². The molecule has 0 aromatic heterocycles. The minimum Gasteiger partial charge on any atom is -0.492 e. The Hall–Kier alpha value is -2.28. The molecular formula is C23H37NO6. The van der Waals surface area contributed by atoms with Gasteiger partial charge in [-0.25, -0.2) is 9.59 Å². The van der Waals surface area contributed by atoms with Gasteiger partial charge in [0.2, 0.25) is 0 Å². The van der Waals surface area contributed by atoms with Crippen molar-refractivity contribution in [3.63, 3.8) is 0 Å². The summed E-state index contributed by atoms with van der Waals surface area (Å²) in [5, 5.41) is 9.19. The van der Waals surface area contributed by atoms with Crippen LogP contribution in [0.15, 0.2) is 24.3 Å². The predicted molar refractivity (Wildman–Crippen MR) is 116 cm³/mol. The Labute approximate surface area is 180 Å². The van der Waals surface area contributed by atoms with Gasteiger partial charge in [0.25, 0.3) is 0 Å². The molecule has 7 heteroatoms. The summed E-state index contributed by atoms with van der Waals surface area (Å²) in [5.41, 5.74) is 0.863. The summed E-state index contributed by atoms with van der Waals surface area (Å²) < 4.78 is 16.4. The Morgan fingerprint density at radius 1 is 1.07 bits per heavy atom. The fourth-order valence-electron chi connectivity index (χ4n) is 2.80. The Balaban J connectivity index is 2.54. The fourth-order valence-corrected chi connectivity index (χ4v) is 2.80. The number of carboxylic acid groups (broad SMARTS) is 1. The Kier molecular flexibility index (Phi) is 12.6. The second-order valence-electron chi connectivity index (χ2n) is 7.64. The van der Waals surface area contributed by atoms with Gasteiger partial charge in [0, 0.05) is 19.6 Å². The van der Waals surface area contributed by atoms with Crippen LogP contribution >= 0.6 is 0 Å². The molecule has 1 aromatic carbocycles. The van der Waals surface area contributed by atoms with Gasteiger partial charge in [0.1, 0.15) is 12.4 Å². The summed E-state index contributed by atoms with van der Waals surface area (Å²) in [6.07, 6.45) is 2.24. The van der Waals surface area contributed by atoms with Crippen LogP contribution in [0.2, 0.25) is 0 Å². The molecule has 0 aliphatic heterocycles. The van der Waals surface area contributed by atoms with E-state index in [0.717, 1.165) is 24.8 Å². The Bertz CT molecular complexity index is 617. The van der Waals surface area contributed by atoms with Crippen LogP contribution in [0.1, 0.15) is 52.5 Å². The number of benzene rings is 1. The molecule has 0 saturated carbocycles. The normalized spacial score (nSPS) is 11.9. The number of carboxylic acids is 1. The molecule has 170 valence electrons. The van der Waals surface area contributed by atoms with Crippen LogP contribution in [0.25, 0.3) is 0 Å². The van der Waals surface area contributed by atoms with Gasteiger partial charge in [0.05, 0.1) is 13.2 Å². The number of amides is 1. The lowest BCUT2D eigenvalue weighted by Gasteiger charge is -2.23. The van der Waals surface area contributed by atoms with Crippen molar-refractivity contribution in [1.82, 2.24) is 4.90 Å². The van der Waals surface area contributed by atoms with Crippen molar-refractivity contribution in [2.24, 2.45) is 5.92 Å². The quantitative estimate of drug-likeness (QED) is 0.421. The number of aliphatic carboxylic acids is 1. The highest BCUT2D eigenvalue weighted by Crippen LogP contribution is 2.15. The molecule has 0 spiro atoms. The SMILES string of the molecule is CCCCCN(CCOc1ccc(CC(OCC)C(=O)O)cc1)C(=O)OCC(C)C. The third-order valence-electron chi connectivity index (χ3n) is 4.45. The molecule has 0 saturated heterocycles. The summed E-state index contributed by atoms with van der Waals surface area (Å²) in [7, 11) is 0. The van der Waals surface area contributed by atoms with Gasteiger partial charge in [-0.05, 0) is 37.0 Å². The maximum atomic E-state index is 12.3. The van der Waals surface area contributed by atoms with Gasteiger partial charge >= 0.3 is 12.1 Å². The van der Waals surface area contributed by atoms with E-state index in [1.54, 1.807) is 24.0 Å². The van der Waals surface area contributed by atoms with Crippen LogP contribution < -0.4 is 4.74 Å². The molecule has 1 N–H and O–H groups in total. The van der Waals surface area contributed by atoms with Crippen molar-refractivity contribution in [3.05, 3.63) is 29.8 Å².